The van der Waals surface area contributed by atoms with Crippen LogP contribution in [0, 0.1) is 23.2 Å². The van der Waals surface area contributed by atoms with Crippen molar-refractivity contribution in [1.29, 1.82) is 0 Å². The van der Waals surface area contributed by atoms with E-state index in [9.17, 15) is 0 Å². The minimum absolute atomic E-state index is 0.944. The number of hydrogen-bond acceptors (Lipinski definition) is 0. The molecule has 0 aromatic carbocycles. The van der Waals surface area contributed by atoms with Crippen LogP contribution in [0.1, 0.15) is 39.0 Å². The zero-order chi connectivity index (χ0) is 6.77. The topological polar surface area (TPSA) is 0 Å². The van der Waals surface area contributed by atoms with E-state index < -0.39 is 0 Å². The number of rotatable bonds is 1. The molecule has 0 aromatic heterocycles. The van der Waals surface area contributed by atoms with Crippen LogP contribution in [0.15, 0.2) is 0 Å². The monoisotopic (exact) mass is 136 g/mol. The quantitative estimate of drug-likeness (QED) is 0.520. The molecule has 56 valence electrons. The van der Waals surface area contributed by atoms with Crippen molar-refractivity contribution >= 4 is 0 Å². The van der Waals surface area contributed by atoms with Crippen LogP contribution in [0.3, 0.4) is 0 Å². The summed E-state index contributed by atoms with van der Waals surface area (Å²) in [5.41, 5.74) is 0.944. The Labute approximate surface area is 63.0 Å². The summed E-state index contributed by atoms with van der Waals surface area (Å²) in [5.74, 6) is 3.58. The van der Waals surface area contributed by atoms with Gasteiger partial charge < -0.3 is 0 Å². The molecule has 0 saturated heterocycles. The molecule has 0 heterocycles. The van der Waals surface area contributed by atoms with Gasteiger partial charge in [0.05, 0.1) is 0 Å². The average Bonchev–Trinajstić information content (AvgIpc) is 2.73. The lowest BCUT2D eigenvalue weighted by atomic mass is 9.96. The second-order valence-corrected chi connectivity index (χ2v) is 4.68. The van der Waals surface area contributed by atoms with Gasteiger partial charge in [0.2, 0.25) is 0 Å². The molecule has 3 saturated carbocycles. The predicted octanol–water partition coefficient (Wildman–Crippen LogP) is 2.83. The third-order valence-corrected chi connectivity index (χ3v) is 4.41. The van der Waals surface area contributed by atoms with Crippen molar-refractivity contribution in [3.8, 4) is 0 Å². The molecule has 0 heteroatoms. The standard InChI is InChI=1S/C10H16/c1-2-8-6-10(8)4-3-7-5-9(7)10/h7-9H,2-6H2,1H3. The van der Waals surface area contributed by atoms with Gasteiger partial charge in [-0.15, -0.1) is 0 Å². The van der Waals surface area contributed by atoms with Crippen LogP contribution in [0.4, 0.5) is 0 Å². The zero-order valence-electron chi connectivity index (χ0n) is 6.77. The van der Waals surface area contributed by atoms with Gasteiger partial charge in [-0.1, -0.05) is 13.3 Å². The lowest BCUT2D eigenvalue weighted by Gasteiger charge is -2.08. The summed E-state index contributed by atoms with van der Waals surface area (Å²) in [6.45, 7) is 2.37. The van der Waals surface area contributed by atoms with Crippen LogP contribution in [-0.4, -0.2) is 0 Å². The number of fused-ring (bicyclic) bond motifs is 2. The summed E-state index contributed by atoms with van der Waals surface area (Å²) in [5, 5.41) is 0. The van der Waals surface area contributed by atoms with E-state index in [1.165, 1.54) is 18.3 Å². The molecule has 3 fully saturated rings. The third kappa shape index (κ3) is 0.466. The Kier molecular flexibility index (Phi) is 0.810. The SMILES string of the molecule is CCC1CC12CCC1CC12. The van der Waals surface area contributed by atoms with Crippen molar-refractivity contribution < 1.29 is 0 Å². The van der Waals surface area contributed by atoms with Gasteiger partial charge in [-0.2, -0.15) is 0 Å². The minimum Gasteiger partial charge on any atom is -0.0651 e. The van der Waals surface area contributed by atoms with Crippen LogP contribution >= 0.6 is 0 Å². The largest absolute Gasteiger partial charge is 0.0651 e. The molecule has 1 spiro atoms. The molecule has 4 unspecified atom stereocenters. The normalized spacial score (nSPS) is 62.7. The van der Waals surface area contributed by atoms with Crippen LogP contribution in [-0.2, 0) is 0 Å². The van der Waals surface area contributed by atoms with Crippen molar-refractivity contribution in [3.63, 3.8) is 0 Å². The van der Waals surface area contributed by atoms with E-state index in [4.69, 9.17) is 0 Å². The summed E-state index contributed by atoms with van der Waals surface area (Å²) >= 11 is 0. The highest BCUT2D eigenvalue weighted by Crippen LogP contribution is 2.76. The Bertz CT molecular complexity index is 173. The number of hydrogen-bond donors (Lipinski definition) is 0. The van der Waals surface area contributed by atoms with Crippen molar-refractivity contribution in [2.75, 3.05) is 0 Å². The van der Waals surface area contributed by atoms with Crippen molar-refractivity contribution in [1.82, 2.24) is 0 Å². The van der Waals surface area contributed by atoms with Gasteiger partial charge in [0.15, 0.2) is 0 Å². The first-order valence-electron chi connectivity index (χ1n) is 4.87. The van der Waals surface area contributed by atoms with E-state index in [1.807, 2.05) is 0 Å². The second kappa shape index (κ2) is 1.44. The van der Waals surface area contributed by atoms with E-state index >= 15 is 0 Å². The van der Waals surface area contributed by atoms with Crippen molar-refractivity contribution in [2.24, 2.45) is 23.2 Å². The molecule has 0 aliphatic heterocycles. The van der Waals surface area contributed by atoms with Gasteiger partial charge in [0.1, 0.15) is 0 Å². The van der Waals surface area contributed by atoms with Crippen LogP contribution < -0.4 is 0 Å². The maximum Gasteiger partial charge on any atom is -0.0235 e. The average molecular weight is 136 g/mol. The maximum absolute atomic E-state index is 2.37. The van der Waals surface area contributed by atoms with Crippen LogP contribution in [0.25, 0.3) is 0 Å². The summed E-state index contributed by atoms with van der Waals surface area (Å²) in [7, 11) is 0. The fraction of sp³-hybridized carbons (Fsp3) is 1.00. The Morgan fingerprint density at radius 1 is 1.50 bits per heavy atom. The lowest BCUT2D eigenvalue weighted by molar-refractivity contribution is 0.404. The summed E-state index contributed by atoms with van der Waals surface area (Å²) in [4.78, 5) is 0. The first-order valence-corrected chi connectivity index (χ1v) is 4.87. The molecule has 3 rings (SSSR count). The van der Waals surface area contributed by atoms with E-state index in [2.05, 4.69) is 6.92 Å². The highest BCUT2D eigenvalue weighted by molar-refractivity contribution is 5.17. The molecule has 0 N–H and O–H groups in total. The first kappa shape index (κ1) is 5.62. The van der Waals surface area contributed by atoms with E-state index in [1.54, 1.807) is 25.7 Å². The molecule has 0 aromatic rings. The van der Waals surface area contributed by atoms with Crippen LogP contribution in [0.2, 0.25) is 0 Å². The Hall–Kier alpha value is 0. The zero-order valence-corrected chi connectivity index (χ0v) is 6.77. The molecule has 4 atom stereocenters. The van der Waals surface area contributed by atoms with Gasteiger partial charge >= 0.3 is 0 Å². The molecule has 3 aliphatic rings. The van der Waals surface area contributed by atoms with Gasteiger partial charge in [-0.3, -0.25) is 0 Å². The molecule has 0 amide bonds. The van der Waals surface area contributed by atoms with Gasteiger partial charge in [-0.25, -0.2) is 0 Å². The highest BCUT2D eigenvalue weighted by atomic mass is 14.7. The van der Waals surface area contributed by atoms with Crippen molar-refractivity contribution in [3.05, 3.63) is 0 Å². The summed E-state index contributed by atoms with van der Waals surface area (Å²) in [6, 6.07) is 0. The second-order valence-electron chi connectivity index (χ2n) is 4.68. The fourth-order valence-corrected chi connectivity index (χ4v) is 3.62. The lowest BCUT2D eigenvalue weighted by Crippen LogP contribution is -2.01. The van der Waals surface area contributed by atoms with E-state index in [0.29, 0.717) is 0 Å². The Balaban J connectivity index is 1.82. The maximum atomic E-state index is 2.37. The van der Waals surface area contributed by atoms with Gasteiger partial charge in [0, 0.05) is 0 Å². The highest BCUT2D eigenvalue weighted by Gasteiger charge is 2.68. The third-order valence-electron chi connectivity index (χ3n) is 4.41. The van der Waals surface area contributed by atoms with Crippen molar-refractivity contribution in [2.45, 2.75) is 39.0 Å². The minimum atomic E-state index is 0.944. The van der Waals surface area contributed by atoms with E-state index in [0.717, 1.165) is 11.3 Å². The molecule has 3 aliphatic carbocycles. The predicted molar refractivity (Wildman–Crippen MR) is 41.7 cm³/mol. The van der Waals surface area contributed by atoms with Crippen LogP contribution in [0.5, 0.6) is 0 Å². The Morgan fingerprint density at radius 2 is 2.40 bits per heavy atom. The molecular formula is C10H16. The first-order chi connectivity index (χ1) is 4.87. The fourth-order valence-electron chi connectivity index (χ4n) is 3.62. The molecular weight excluding hydrogens is 120 g/mol. The summed E-state index contributed by atoms with van der Waals surface area (Å²) < 4.78 is 0. The van der Waals surface area contributed by atoms with Gasteiger partial charge in [-0.05, 0) is 48.9 Å². The molecule has 0 radical (unpaired) electrons. The summed E-state index contributed by atoms with van der Waals surface area (Å²) in [6.07, 6.45) is 7.85. The molecule has 0 nitrogen and oxygen atoms in total. The molecule has 10 heavy (non-hydrogen) atoms. The molecule has 0 bridgehead atoms. The van der Waals surface area contributed by atoms with Gasteiger partial charge in [0.25, 0.3) is 0 Å². The Morgan fingerprint density at radius 3 is 2.80 bits per heavy atom. The smallest absolute Gasteiger partial charge is 0.0235 e. The van der Waals surface area contributed by atoms with E-state index in [-0.39, 0.29) is 0 Å².